The van der Waals surface area contributed by atoms with Gasteiger partial charge in [0.1, 0.15) is 23.9 Å². The van der Waals surface area contributed by atoms with Crippen LogP contribution in [0.1, 0.15) is 100 Å². The molecular weight excluding hydrogens is 746 g/mol. The topological polar surface area (TPSA) is 158 Å². The monoisotopic (exact) mass is 813 g/mol. The summed E-state index contributed by atoms with van der Waals surface area (Å²) in [5.74, 6) is -3.43. The highest BCUT2D eigenvalue weighted by Crippen LogP contribution is 2.51. The van der Waals surface area contributed by atoms with E-state index in [1.807, 2.05) is 65.9 Å². The number of hydrogen-bond acceptors (Lipinski definition) is 13. The summed E-state index contributed by atoms with van der Waals surface area (Å²) in [6.45, 7) is 19.0. The molecule has 4 fully saturated rings. The number of esters is 1. The molecule has 2 bridgehead atoms. The molecule has 18 atom stereocenters. The molecule has 1 aromatic carbocycles. The molecule has 3 N–H and O–H groups in total. The van der Waals surface area contributed by atoms with Crippen LogP contribution in [-0.2, 0) is 49.5 Å². The number of aliphatic hydroxyl groups excluding tert-OH is 2. The zero-order valence-corrected chi connectivity index (χ0v) is 36.1. The van der Waals surface area contributed by atoms with Crippen molar-refractivity contribution in [2.75, 3.05) is 14.2 Å². The fraction of sp³-hybridized carbons (Fsp3) is 0.833. The molecule has 13 nitrogen and oxygen atoms in total. The molecule has 0 radical (unpaired) electrons. The molecule has 0 aromatic heterocycles. The molecule has 0 saturated carbocycles. The van der Waals surface area contributed by atoms with Crippen molar-refractivity contribution in [1.29, 1.82) is 0 Å². The Bertz CT molecular complexity index is 1470. The van der Waals surface area contributed by atoms with Crippen LogP contribution in [0, 0.1) is 23.7 Å². The van der Waals surface area contributed by atoms with Crippen molar-refractivity contribution < 1.29 is 58.3 Å². The van der Waals surface area contributed by atoms with E-state index in [-0.39, 0.29) is 37.0 Å². The third-order valence-electron chi connectivity index (χ3n) is 13.0. The SMILES string of the molecule is CC[C@@H](O)[C@@](C)(O)[C@@H]1OC(=O)[C@H](C)[C@@H](O[C@H]2CC3(OC)O[C@H]3C(C)O2)[C@H](C)[C@@H](OOC(C)CC(C(C)O)N(C)Cc2ccccc2Cl)[C@@]2(C)CC(C)C(O2)[C@@H]1C. The van der Waals surface area contributed by atoms with Crippen molar-refractivity contribution >= 4 is 17.6 Å². The fourth-order valence-electron chi connectivity index (χ4n) is 9.74. The number of benzene rings is 1. The third-order valence-corrected chi connectivity index (χ3v) is 13.4. The number of epoxide rings is 1. The summed E-state index contributed by atoms with van der Waals surface area (Å²) in [4.78, 5) is 29.2. The van der Waals surface area contributed by atoms with Gasteiger partial charge in [-0.2, -0.15) is 0 Å². The fourth-order valence-corrected chi connectivity index (χ4v) is 9.93. The van der Waals surface area contributed by atoms with Gasteiger partial charge >= 0.3 is 5.97 Å². The van der Waals surface area contributed by atoms with Crippen LogP contribution in [0.3, 0.4) is 0 Å². The molecule has 320 valence electrons. The predicted octanol–water partition coefficient (Wildman–Crippen LogP) is 5.42. The molecule has 0 aliphatic carbocycles. The largest absolute Gasteiger partial charge is 0.459 e. The maximum absolute atomic E-state index is 14.3. The summed E-state index contributed by atoms with van der Waals surface area (Å²) in [5.41, 5.74) is -1.78. The second-order valence-electron chi connectivity index (χ2n) is 17.7. The first-order valence-corrected chi connectivity index (χ1v) is 20.8. The summed E-state index contributed by atoms with van der Waals surface area (Å²) in [5, 5.41) is 34.4. The van der Waals surface area contributed by atoms with Crippen molar-refractivity contribution in [1.82, 2.24) is 4.90 Å². The van der Waals surface area contributed by atoms with Gasteiger partial charge in [0.2, 0.25) is 5.79 Å². The number of hydrogen-bond donors (Lipinski definition) is 3. The van der Waals surface area contributed by atoms with Gasteiger partial charge in [-0.1, -0.05) is 57.5 Å². The molecule has 4 saturated heterocycles. The Hall–Kier alpha value is -1.46. The van der Waals surface area contributed by atoms with Crippen LogP contribution < -0.4 is 0 Å². The zero-order chi connectivity index (χ0) is 41.5. The summed E-state index contributed by atoms with van der Waals surface area (Å²) in [6.07, 6.45) is -5.32. The van der Waals surface area contributed by atoms with E-state index in [0.29, 0.717) is 24.4 Å². The van der Waals surface area contributed by atoms with Gasteiger partial charge in [0.25, 0.3) is 0 Å². The van der Waals surface area contributed by atoms with Gasteiger partial charge in [0.05, 0.1) is 54.6 Å². The van der Waals surface area contributed by atoms with Gasteiger partial charge in [-0.25, -0.2) is 9.78 Å². The number of halogens is 1. The Kier molecular flexibility index (Phi) is 14.7. The highest BCUT2D eigenvalue weighted by molar-refractivity contribution is 6.31. The van der Waals surface area contributed by atoms with Crippen LogP contribution >= 0.6 is 11.6 Å². The van der Waals surface area contributed by atoms with Crippen LogP contribution in [0.5, 0.6) is 0 Å². The number of rotatable bonds is 15. The molecule has 4 aliphatic rings. The molecule has 0 amide bonds. The minimum absolute atomic E-state index is 0.0520. The van der Waals surface area contributed by atoms with E-state index in [1.54, 1.807) is 27.9 Å². The number of carbonyl (C=O) groups excluding carboxylic acids is 1. The van der Waals surface area contributed by atoms with Gasteiger partial charge in [-0.3, -0.25) is 9.69 Å². The van der Waals surface area contributed by atoms with E-state index in [2.05, 4.69) is 11.8 Å². The Morgan fingerprint density at radius 1 is 1.07 bits per heavy atom. The van der Waals surface area contributed by atoms with Crippen LogP contribution in [0.15, 0.2) is 24.3 Å². The van der Waals surface area contributed by atoms with Crippen molar-refractivity contribution in [2.24, 2.45) is 23.7 Å². The minimum Gasteiger partial charge on any atom is -0.459 e. The number of ether oxygens (including phenoxy) is 6. The van der Waals surface area contributed by atoms with E-state index in [0.717, 1.165) is 5.56 Å². The number of fused-ring (bicyclic) bond motifs is 3. The van der Waals surface area contributed by atoms with E-state index in [4.69, 9.17) is 49.8 Å². The van der Waals surface area contributed by atoms with E-state index in [9.17, 15) is 20.1 Å². The summed E-state index contributed by atoms with van der Waals surface area (Å²) >= 11 is 6.47. The van der Waals surface area contributed by atoms with Gasteiger partial charge in [0, 0.05) is 36.6 Å². The standard InChI is InChI=1S/C42H68ClNO12/c1-13-32(46)41(10,48)37-24(4)34-22(2)19-40(9,53-34)36(56-55-23(3)18-31(27(7)45)44(11)21-29-16-14-15-17-30(29)43)25(5)35(26(6)39(47)52-37)51-33-20-42(49-12)38(54-42)28(8)50-33/h14-17,22-28,31-38,45-46,48H,13,18-21H2,1-12H3/t22?,23?,24-,25-,26+,27?,28?,31?,32+,33-,34?,35-,36+,37+,38-,40+,41+,42?/m0/s1. The zero-order valence-electron chi connectivity index (χ0n) is 35.3. The molecule has 14 heteroatoms. The molecule has 7 unspecified atom stereocenters. The first-order chi connectivity index (χ1) is 26.2. The molecule has 56 heavy (non-hydrogen) atoms. The maximum Gasteiger partial charge on any atom is 0.311 e. The molecule has 5 rings (SSSR count). The average molecular weight is 814 g/mol. The molecule has 4 heterocycles. The quantitative estimate of drug-likeness (QED) is 0.0894. The molecule has 0 spiro atoms. The Morgan fingerprint density at radius 3 is 2.38 bits per heavy atom. The van der Waals surface area contributed by atoms with Crippen molar-refractivity contribution in [2.45, 2.75) is 186 Å². The second-order valence-corrected chi connectivity index (χ2v) is 18.1. The molecule has 4 aliphatic heterocycles. The van der Waals surface area contributed by atoms with Crippen molar-refractivity contribution in [3.63, 3.8) is 0 Å². The normalized spacial score (nSPS) is 40.8. The highest BCUT2D eigenvalue weighted by Gasteiger charge is 2.66. The van der Waals surface area contributed by atoms with Crippen LogP contribution in [0.4, 0.5) is 0 Å². The number of cyclic esters (lactones) is 1. The van der Waals surface area contributed by atoms with E-state index >= 15 is 0 Å². The maximum atomic E-state index is 14.3. The Balaban J connectivity index is 1.46. The first-order valence-electron chi connectivity index (χ1n) is 20.5. The minimum atomic E-state index is -1.78. The van der Waals surface area contributed by atoms with Gasteiger partial charge < -0.3 is 43.7 Å². The summed E-state index contributed by atoms with van der Waals surface area (Å²) in [7, 11) is 3.54. The average Bonchev–Trinajstić information content (AvgIpc) is 3.80. The Labute approximate surface area is 338 Å². The lowest BCUT2D eigenvalue weighted by atomic mass is 9.76. The molecule has 1 aromatic rings. The smallest absolute Gasteiger partial charge is 0.311 e. The summed E-state index contributed by atoms with van der Waals surface area (Å²) < 4.78 is 38.0. The van der Waals surface area contributed by atoms with Gasteiger partial charge in [-0.15, -0.1) is 0 Å². The van der Waals surface area contributed by atoms with Crippen LogP contribution in [-0.4, -0.2) is 125 Å². The predicted molar refractivity (Wildman–Crippen MR) is 208 cm³/mol. The third kappa shape index (κ3) is 9.45. The van der Waals surface area contributed by atoms with Crippen LogP contribution in [0.2, 0.25) is 5.02 Å². The first kappa shape index (κ1) is 45.6. The van der Waals surface area contributed by atoms with E-state index < -0.39 is 89.7 Å². The van der Waals surface area contributed by atoms with Crippen molar-refractivity contribution in [3.05, 3.63) is 34.9 Å². The summed E-state index contributed by atoms with van der Waals surface area (Å²) in [6, 6.07) is 7.35. The van der Waals surface area contributed by atoms with E-state index in [1.165, 1.54) is 6.92 Å². The number of methoxy groups -OCH3 is 1. The molecular formula is C42H68ClNO12. The lowest BCUT2D eigenvalue weighted by Crippen LogP contribution is -2.57. The highest BCUT2D eigenvalue weighted by atomic mass is 35.5. The van der Waals surface area contributed by atoms with Gasteiger partial charge in [0.15, 0.2) is 6.29 Å². The van der Waals surface area contributed by atoms with Crippen LogP contribution in [0.25, 0.3) is 0 Å². The van der Waals surface area contributed by atoms with Gasteiger partial charge in [-0.05, 0) is 85.4 Å². The van der Waals surface area contributed by atoms with Crippen molar-refractivity contribution in [3.8, 4) is 0 Å². The lowest BCUT2D eigenvalue weighted by Gasteiger charge is -2.42. The number of nitrogens with zero attached hydrogens (tertiary/aromatic N) is 1. The lowest BCUT2D eigenvalue weighted by molar-refractivity contribution is -0.389. The number of likely N-dealkylation sites (N-methyl/N-ethyl adjacent to an activating group) is 1. The number of carbonyl (C=O) groups is 1. The Morgan fingerprint density at radius 2 is 1.75 bits per heavy atom. The number of aliphatic hydroxyl groups is 3. The second kappa shape index (κ2) is 18.0.